The van der Waals surface area contributed by atoms with Crippen molar-refractivity contribution in [1.29, 1.82) is 0 Å². The standard InChI is InChI=1S/C10H19NO/c1-7(2)11-10-5-9(6-10)4-8(3)12/h7,9-11H,4-6H2,1-3H3. The summed E-state index contributed by atoms with van der Waals surface area (Å²) in [6.45, 7) is 6.01. The molecule has 0 radical (unpaired) electrons. The third-order valence-electron chi connectivity index (χ3n) is 2.38. The summed E-state index contributed by atoms with van der Waals surface area (Å²) in [7, 11) is 0. The molecule has 1 rings (SSSR count). The first-order valence-corrected chi connectivity index (χ1v) is 4.83. The Morgan fingerprint density at radius 3 is 2.50 bits per heavy atom. The Balaban J connectivity index is 2.08. The normalized spacial score (nSPS) is 28.7. The zero-order chi connectivity index (χ0) is 9.14. The van der Waals surface area contributed by atoms with Crippen LogP contribution in [0.5, 0.6) is 0 Å². The van der Waals surface area contributed by atoms with Gasteiger partial charge in [-0.15, -0.1) is 0 Å². The highest BCUT2D eigenvalue weighted by atomic mass is 16.1. The van der Waals surface area contributed by atoms with Crippen molar-refractivity contribution in [2.24, 2.45) is 5.92 Å². The van der Waals surface area contributed by atoms with Crippen molar-refractivity contribution in [2.45, 2.75) is 52.1 Å². The van der Waals surface area contributed by atoms with Gasteiger partial charge in [0.2, 0.25) is 0 Å². The van der Waals surface area contributed by atoms with Crippen molar-refractivity contribution < 1.29 is 4.79 Å². The van der Waals surface area contributed by atoms with Gasteiger partial charge in [-0.05, 0) is 25.7 Å². The molecular formula is C10H19NO. The van der Waals surface area contributed by atoms with Crippen molar-refractivity contribution >= 4 is 5.78 Å². The summed E-state index contributed by atoms with van der Waals surface area (Å²) in [5.41, 5.74) is 0. The van der Waals surface area contributed by atoms with Crippen LogP contribution >= 0.6 is 0 Å². The van der Waals surface area contributed by atoms with Crippen LogP contribution in [0.4, 0.5) is 0 Å². The molecule has 0 atom stereocenters. The maximum absolute atomic E-state index is 10.8. The third kappa shape index (κ3) is 2.94. The second-order valence-electron chi connectivity index (χ2n) is 4.26. The number of carbonyl (C=O) groups excluding carboxylic acids is 1. The van der Waals surface area contributed by atoms with Gasteiger partial charge in [-0.3, -0.25) is 0 Å². The lowest BCUT2D eigenvalue weighted by Gasteiger charge is -2.36. The highest BCUT2D eigenvalue weighted by molar-refractivity contribution is 5.75. The third-order valence-corrected chi connectivity index (χ3v) is 2.38. The predicted molar refractivity (Wildman–Crippen MR) is 50.1 cm³/mol. The summed E-state index contributed by atoms with van der Waals surface area (Å²) in [5, 5.41) is 3.47. The average molecular weight is 169 g/mol. The van der Waals surface area contributed by atoms with Gasteiger partial charge in [0, 0.05) is 18.5 Å². The van der Waals surface area contributed by atoms with E-state index in [-0.39, 0.29) is 0 Å². The minimum Gasteiger partial charge on any atom is -0.312 e. The second-order valence-corrected chi connectivity index (χ2v) is 4.26. The number of Topliss-reactive ketones (excluding diaryl/α,β-unsaturated/α-hetero) is 1. The summed E-state index contributed by atoms with van der Waals surface area (Å²) in [4.78, 5) is 10.8. The van der Waals surface area contributed by atoms with E-state index in [1.165, 1.54) is 12.8 Å². The molecule has 0 heterocycles. The van der Waals surface area contributed by atoms with E-state index in [9.17, 15) is 4.79 Å². The highest BCUT2D eigenvalue weighted by Gasteiger charge is 2.29. The smallest absolute Gasteiger partial charge is 0.130 e. The van der Waals surface area contributed by atoms with Crippen LogP contribution in [0.3, 0.4) is 0 Å². The van der Waals surface area contributed by atoms with Gasteiger partial charge in [0.15, 0.2) is 0 Å². The number of ketones is 1. The van der Waals surface area contributed by atoms with Crippen LogP contribution in [0.25, 0.3) is 0 Å². The first-order valence-electron chi connectivity index (χ1n) is 4.83. The lowest BCUT2D eigenvalue weighted by Crippen LogP contribution is -2.44. The maximum Gasteiger partial charge on any atom is 0.130 e. The monoisotopic (exact) mass is 169 g/mol. The van der Waals surface area contributed by atoms with Crippen LogP contribution < -0.4 is 5.32 Å². The fourth-order valence-electron chi connectivity index (χ4n) is 1.92. The molecule has 1 aliphatic rings. The van der Waals surface area contributed by atoms with Crippen molar-refractivity contribution in [3.8, 4) is 0 Å². The lowest BCUT2D eigenvalue weighted by molar-refractivity contribution is -0.118. The molecule has 0 amide bonds. The average Bonchev–Trinajstić information content (AvgIpc) is 1.80. The molecule has 2 heteroatoms. The molecule has 2 nitrogen and oxygen atoms in total. The predicted octanol–water partition coefficient (Wildman–Crippen LogP) is 1.74. The molecule has 0 aromatic carbocycles. The Morgan fingerprint density at radius 2 is 2.08 bits per heavy atom. The van der Waals surface area contributed by atoms with Crippen LogP contribution in [-0.2, 0) is 4.79 Å². The van der Waals surface area contributed by atoms with Crippen LogP contribution in [-0.4, -0.2) is 17.9 Å². The summed E-state index contributed by atoms with van der Waals surface area (Å²) in [6, 6.07) is 1.25. The van der Waals surface area contributed by atoms with E-state index in [1.807, 2.05) is 0 Å². The fourth-order valence-corrected chi connectivity index (χ4v) is 1.92. The van der Waals surface area contributed by atoms with Gasteiger partial charge in [0.25, 0.3) is 0 Å². The van der Waals surface area contributed by atoms with Gasteiger partial charge in [0.05, 0.1) is 0 Å². The molecule has 0 saturated heterocycles. The molecule has 1 fully saturated rings. The van der Waals surface area contributed by atoms with Crippen molar-refractivity contribution in [3.05, 3.63) is 0 Å². The molecule has 0 aromatic rings. The number of nitrogens with one attached hydrogen (secondary N) is 1. The van der Waals surface area contributed by atoms with Gasteiger partial charge in [-0.25, -0.2) is 0 Å². The quantitative estimate of drug-likeness (QED) is 0.694. The largest absolute Gasteiger partial charge is 0.312 e. The first kappa shape index (κ1) is 9.72. The van der Waals surface area contributed by atoms with Crippen molar-refractivity contribution in [2.75, 3.05) is 0 Å². The molecule has 0 unspecified atom stereocenters. The van der Waals surface area contributed by atoms with Gasteiger partial charge in [-0.2, -0.15) is 0 Å². The van der Waals surface area contributed by atoms with Crippen LogP contribution in [0.15, 0.2) is 0 Å². The van der Waals surface area contributed by atoms with Gasteiger partial charge in [-0.1, -0.05) is 13.8 Å². The van der Waals surface area contributed by atoms with E-state index in [4.69, 9.17) is 0 Å². The second kappa shape index (κ2) is 4.04. The zero-order valence-corrected chi connectivity index (χ0v) is 8.26. The Bertz CT molecular complexity index is 159. The summed E-state index contributed by atoms with van der Waals surface area (Å²) >= 11 is 0. The van der Waals surface area contributed by atoms with E-state index >= 15 is 0 Å². The molecule has 0 bridgehead atoms. The maximum atomic E-state index is 10.8. The molecule has 0 aliphatic heterocycles. The number of carbonyl (C=O) groups is 1. The molecular weight excluding hydrogens is 150 g/mol. The van der Waals surface area contributed by atoms with Crippen molar-refractivity contribution in [3.63, 3.8) is 0 Å². The molecule has 70 valence electrons. The molecule has 1 saturated carbocycles. The number of rotatable bonds is 4. The van der Waals surface area contributed by atoms with Gasteiger partial charge in [0.1, 0.15) is 5.78 Å². The van der Waals surface area contributed by atoms with E-state index in [0.29, 0.717) is 23.8 Å². The first-order chi connectivity index (χ1) is 5.58. The summed E-state index contributed by atoms with van der Waals surface area (Å²) in [5.74, 6) is 1.00. The van der Waals surface area contributed by atoms with Gasteiger partial charge >= 0.3 is 0 Å². The van der Waals surface area contributed by atoms with E-state index < -0.39 is 0 Å². The Kier molecular flexibility index (Phi) is 3.27. The lowest BCUT2D eigenvalue weighted by atomic mass is 9.77. The Morgan fingerprint density at radius 1 is 1.50 bits per heavy atom. The van der Waals surface area contributed by atoms with E-state index in [1.54, 1.807) is 6.92 Å². The summed E-state index contributed by atoms with van der Waals surface area (Å²) < 4.78 is 0. The van der Waals surface area contributed by atoms with E-state index in [0.717, 1.165) is 6.42 Å². The summed E-state index contributed by atoms with van der Waals surface area (Å²) in [6.07, 6.45) is 3.17. The Hall–Kier alpha value is -0.370. The molecule has 1 N–H and O–H groups in total. The number of hydrogen-bond acceptors (Lipinski definition) is 2. The van der Waals surface area contributed by atoms with Crippen LogP contribution in [0.1, 0.15) is 40.0 Å². The molecule has 12 heavy (non-hydrogen) atoms. The zero-order valence-electron chi connectivity index (χ0n) is 8.26. The SMILES string of the molecule is CC(=O)CC1CC(NC(C)C)C1. The van der Waals surface area contributed by atoms with Crippen LogP contribution in [0, 0.1) is 5.92 Å². The fraction of sp³-hybridized carbons (Fsp3) is 0.900. The molecule has 1 aliphatic carbocycles. The van der Waals surface area contributed by atoms with Gasteiger partial charge < -0.3 is 10.1 Å². The molecule has 0 spiro atoms. The van der Waals surface area contributed by atoms with Crippen molar-refractivity contribution in [1.82, 2.24) is 5.32 Å². The van der Waals surface area contributed by atoms with Crippen LogP contribution in [0.2, 0.25) is 0 Å². The topological polar surface area (TPSA) is 29.1 Å². The molecule has 0 aromatic heterocycles. The number of hydrogen-bond donors (Lipinski definition) is 1. The Labute approximate surface area is 74.7 Å². The minimum absolute atomic E-state index is 0.336. The minimum atomic E-state index is 0.336. The highest BCUT2D eigenvalue weighted by Crippen LogP contribution is 2.30. The van der Waals surface area contributed by atoms with E-state index in [2.05, 4.69) is 19.2 Å².